The molecule has 0 saturated carbocycles. The van der Waals surface area contributed by atoms with Crippen molar-refractivity contribution in [3.05, 3.63) is 0 Å². The molecule has 1 amide bonds. The second kappa shape index (κ2) is 43.6. The van der Waals surface area contributed by atoms with Crippen LogP contribution in [-0.4, -0.2) is 55.2 Å². The van der Waals surface area contributed by atoms with Gasteiger partial charge in [-0.3, -0.25) is 23.4 Å². The lowest BCUT2D eigenvalue weighted by Crippen LogP contribution is -2.30. The number of nitrogens with one attached hydrogen (secondary N) is 1. The third kappa shape index (κ3) is 42.6. The van der Waals surface area contributed by atoms with E-state index in [1.165, 1.54) is 148 Å². The molecule has 2 N–H and O–H groups in total. The van der Waals surface area contributed by atoms with Gasteiger partial charge in [-0.1, -0.05) is 213 Å². The first-order valence-corrected chi connectivity index (χ1v) is 26.0. The van der Waals surface area contributed by atoms with Crippen molar-refractivity contribution in [1.29, 1.82) is 0 Å². The van der Waals surface area contributed by atoms with Gasteiger partial charge >= 0.3 is 19.8 Å². The van der Waals surface area contributed by atoms with Crippen molar-refractivity contribution in [3.8, 4) is 0 Å². The molecule has 2 atom stereocenters. The molecule has 58 heavy (non-hydrogen) atoms. The van der Waals surface area contributed by atoms with Gasteiger partial charge in [0.05, 0.1) is 13.2 Å². The van der Waals surface area contributed by atoms with E-state index in [1.54, 1.807) is 0 Å². The molecule has 1 unspecified atom stereocenters. The summed E-state index contributed by atoms with van der Waals surface area (Å²) in [6.07, 6.45) is 39.0. The molecule has 0 fully saturated rings. The number of unbranched alkanes of at least 4 members (excludes halogenated alkanes) is 30. The smallest absolute Gasteiger partial charge is 0.462 e. The summed E-state index contributed by atoms with van der Waals surface area (Å²) in [6.45, 7) is 5.82. The highest BCUT2D eigenvalue weighted by Gasteiger charge is 2.26. The lowest BCUT2D eigenvalue weighted by molar-refractivity contribution is -0.161. The van der Waals surface area contributed by atoms with E-state index in [1.807, 2.05) is 0 Å². The summed E-state index contributed by atoms with van der Waals surface area (Å²) in [5, 5.41) is 2.73. The number of ether oxygens (including phenoxy) is 2. The second-order valence-corrected chi connectivity index (χ2v) is 18.1. The van der Waals surface area contributed by atoms with Gasteiger partial charge in [0.15, 0.2) is 6.10 Å². The molecule has 0 heterocycles. The monoisotopic (exact) mass is 846 g/mol. The van der Waals surface area contributed by atoms with Crippen molar-refractivity contribution in [2.75, 3.05) is 26.4 Å². The third-order valence-corrected chi connectivity index (χ3v) is 11.8. The molecule has 0 aromatic rings. The number of esters is 2. The van der Waals surface area contributed by atoms with Crippen LogP contribution in [0.25, 0.3) is 0 Å². The number of rotatable bonds is 46. The summed E-state index contributed by atoms with van der Waals surface area (Å²) in [6, 6.07) is 0. The number of phosphoric ester groups is 1. The van der Waals surface area contributed by atoms with Crippen molar-refractivity contribution in [1.82, 2.24) is 5.32 Å². The van der Waals surface area contributed by atoms with Crippen LogP contribution < -0.4 is 5.32 Å². The molecule has 0 bridgehead atoms. The third-order valence-electron chi connectivity index (χ3n) is 10.8. The van der Waals surface area contributed by atoms with Crippen molar-refractivity contribution in [3.63, 3.8) is 0 Å². The average molecular weight is 846 g/mol. The van der Waals surface area contributed by atoms with Crippen LogP contribution in [0.1, 0.15) is 252 Å². The SMILES string of the molecule is CCCCCCCCCCCCCC(=O)NCCOP(=O)(O)OC[C@@H](COC(=O)CCCCCCCCCCCCC)OC(=O)CCCCCCCCCCCCC. The van der Waals surface area contributed by atoms with Crippen molar-refractivity contribution >= 4 is 25.7 Å². The molecule has 10 nitrogen and oxygen atoms in total. The van der Waals surface area contributed by atoms with Gasteiger partial charge < -0.3 is 19.7 Å². The Morgan fingerprint density at radius 3 is 1.21 bits per heavy atom. The summed E-state index contributed by atoms with van der Waals surface area (Å²) in [7, 11) is -4.52. The van der Waals surface area contributed by atoms with E-state index in [-0.39, 0.29) is 38.5 Å². The van der Waals surface area contributed by atoms with Crippen LogP contribution in [0.3, 0.4) is 0 Å². The zero-order chi connectivity index (χ0) is 42.6. The van der Waals surface area contributed by atoms with E-state index in [4.69, 9.17) is 18.5 Å². The van der Waals surface area contributed by atoms with Crippen LogP contribution in [0.4, 0.5) is 0 Å². The van der Waals surface area contributed by atoms with Gasteiger partial charge in [0.2, 0.25) is 5.91 Å². The average Bonchev–Trinajstić information content (AvgIpc) is 3.20. The van der Waals surface area contributed by atoms with Crippen LogP contribution >= 0.6 is 7.82 Å². The number of hydrogen-bond donors (Lipinski definition) is 2. The Labute approximate surface area is 356 Å². The van der Waals surface area contributed by atoms with Crippen LogP contribution in [0.2, 0.25) is 0 Å². The van der Waals surface area contributed by atoms with Crippen molar-refractivity contribution < 1.29 is 42.4 Å². The predicted octanol–water partition coefficient (Wildman–Crippen LogP) is 13.8. The van der Waals surface area contributed by atoms with Gasteiger partial charge in [0.1, 0.15) is 6.61 Å². The van der Waals surface area contributed by atoms with E-state index in [0.29, 0.717) is 12.8 Å². The van der Waals surface area contributed by atoms with E-state index in [2.05, 4.69) is 26.1 Å². The van der Waals surface area contributed by atoms with Gasteiger partial charge in [0, 0.05) is 25.8 Å². The predicted molar refractivity (Wildman–Crippen MR) is 239 cm³/mol. The van der Waals surface area contributed by atoms with E-state index in [9.17, 15) is 23.8 Å². The Morgan fingerprint density at radius 2 is 0.810 bits per heavy atom. The van der Waals surface area contributed by atoms with Gasteiger partial charge in [-0.2, -0.15) is 0 Å². The Balaban J connectivity index is 4.49. The first kappa shape index (κ1) is 56.5. The second-order valence-electron chi connectivity index (χ2n) is 16.6. The summed E-state index contributed by atoms with van der Waals surface area (Å²) in [4.78, 5) is 47.7. The highest BCUT2D eigenvalue weighted by Crippen LogP contribution is 2.43. The molecule has 0 aliphatic heterocycles. The minimum atomic E-state index is -4.52. The molecular weight excluding hydrogens is 753 g/mol. The topological polar surface area (TPSA) is 137 Å². The van der Waals surface area contributed by atoms with Gasteiger partial charge in [-0.15, -0.1) is 0 Å². The Kier molecular flexibility index (Phi) is 42.5. The number of hydrogen-bond acceptors (Lipinski definition) is 8. The van der Waals surface area contributed by atoms with Crippen LogP contribution in [-0.2, 0) is 37.5 Å². The molecule has 0 aliphatic carbocycles. The molecule has 11 heteroatoms. The first-order valence-electron chi connectivity index (χ1n) is 24.5. The Morgan fingerprint density at radius 1 is 0.466 bits per heavy atom. The molecule has 0 aromatic heterocycles. The lowest BCUT2D eigenvalue weighted by Gasteiger charge is -2.20. The highest BCUT2D eigenvalue weighted by atomic mass is 31.2. The minimum Gasteiger partial charge on any atom is -0.462 e. The van der Waals surface area contributed by atoms with Gasteiger partial charge in [0.25, 0.3) is 0 Å². The quantitative estimate of drug-likeness (QED) is 0.0348. The van der Waals surface area contributed by atoms with Crippen molar-refractivity contribution in [2.45, 2.75) is 258 Å². The molecule has 0 rings (SSSR count). The number of carbonyl (C=O) groups is 3. The highest BCUT2D eigenvalue weighted by molar-refractivity contribution is 7.47. The molecule has 0 aromatic carbocycles. The molecule has 0 saturated heterocycles. The van der Waals surface area contributed by atoms with Crippen LogP contribution in [0.5, 0.6) is 0 Å². The maximum Gasteiger partial charge on any atom is 0.472 e. The normalized spacial score (nSPS) is 13.0. The lowest BCUT2D eigenvalue weighted by atomic mass is 10.1. The zero-order valence-electron chi connectivity index (χ0n) is 38.0. The number of phosphoric acid groups is 1. The van der Waals surface area contributed by atoms with E-state index in [0.717, 1.165) is 57.8 Å². The fourth-order valence-electron chi connectivity index (χ4n) is 7.09. The maximum absolute atomic E-state index is 12.7. The van der Waals surface area contributed by atoms with Gasteiger partial charge in [-0.05, 0) is 19.3 Å². The fourth-order valence-corrected chi connectivity index (χ4v) is 7.84. The standard InChI is InChI=1S/C47H92NO9P/c1-4-7-10-13-16-19-22-25-28-31-34-37-45(49)48-40-41-55-58(52,53)56-43-44(57-47(51)39-36-33-30-27-24-21-18-15-12-9-6-3)42-54-46(50)38-35-32-29-26-23-20-17-14-11-8-5-2/h44H,4-43H2,1-3H3,(H,48,49)(H,52,53)/t44-/m1/s1. The van der Waals surface area contributed by atoms with E-state index < -0.39 is 32.5 Å². The molecule has 0 radical (unpaired) electrons. The zero-order valence-corrected chi connectivity index (χ0v) is 38.9. The van der Waals surface area contributed by atoms with Crippen LogP contribution in [0.15, 0.2) is 0 Å². The molecule has 0 spiro atoms. The summed E-state index contributed by atoms with van der Waals surface area (Å²) < 4.78 is 33.9. The molecule has 0 aliphatic rings. The summed E-state index contributed by atoms with van der Waals surface area (Å²) in [5.74, 6) is -0.970. The molecule has 344 valence electrons. The Hall–Kier alpha value is -1.48. The maximum atomic E-state index is 12.7. The number of carbonyl (C=O) groups excluding carboxylic acids is 3. The first-order chi connectivity index (χ1) is 28.2. The minimum absolute atomic E-state index is 0.0683. The van der Waals surface area contributed by atoms with E-state index >= 15 is 0 Å². The molecular formula is C47H92NO9P. The Bertz CT molecular complexity index is 982. The summed E-state index contributed by atoms with van der Waals surface area (Å²) in [5.41, 5.74) is 0. The largest absolute Gasteiger partial charge is 0.472 e. The summed E-state index contributed by atoms with van der Waals surface area (Å²) >= 11 is 0. The van der Waals surface area contributed by atoms with Crippen LogP contribution in [0, 0.1) is 0 Å². The fraction of sp³-hybridized carbons (Fsp3) is 0.936. The van der Waals surface area contributed by atoms with Gasteiger partial charge in [-0.25, -0.2) is 4.57 Å². The van der Waals surface area contributed by atoms with Crippen molar-refractivity contribution in [2.24, 2.45) is 0 Å². The number of amides is 1.